The van der Waals surface area contributed by atoms with Gasteiger partial charge in [0.1, 0.15) is 0 Å². The van der Waals surface area contributed by atoms with Gasteiger partial charge in [0.2, 0.25) is 0 Å². The van der Waals surface area contributed by atoms with Gasteiger partial charge in [-0.1, -0.05) is 6.58 Å². The van der Waals surface area contributed by atoms with Crippen molar-refractivity contribution in [1.82, 2.24) is 9.55 Å². The van der Waals surface area contributed by atoms with Gasteiger partial charge in [-0.05, 0) is 0 Å². The second-order valence-electron chi connectivity index (χ2n) is 1.85. The first-order valence-corrected chi connectivity index (χ1v) is 2.82. The summed E-state index contributed by atoms with van der Waals surface area (Å²) in [5, 5.41) is 0. The summed E-state index contributed by atoms with van der Waals surface area (Å²) in [4.78, 5) is 13.9. The molecule has 0 aliphatic carbocycles. The molecule has 1 heterocycles. The summed E-state index contributed by atoms with van der Waals surface area (Å²) in [5.41, 5.74) is 4.37. The molecule has 0 fully saturated rings. The summed E-state index contributed by atoms with van der Waals surface area (Å²) >= 11 is 0. The van der Waals surface area contributed by atoms with Gasteiger partial charge < -0.3 is 5.73 Å². The first-order valence-electron chi connectivity index (χ1n) is 2.82. The molecule has 4 nitrogen and oxygen atoms in total. The highest BCUT2D eigenvalue weighted by Crippen LogP contribution is 2.00. The van der Waals surface area contributed by atoms with E-state index in [1.54, 1.807) is 0 Å². The van der Waals surface area contributed by atoms with Crippen molar-refractivity contribution >= 4 is 12.0 Å². The summed E-state index contributed by atoms with van der Waals surface area (Å²) in [5.74, 6) is -1.13. The third-order valence-electron chi connectivity index (χ3n) is 1.13. The van der Waals surface area contributed by atoms with E-state index in [-0.39, 0.29) is 0 Å². The molecule has 1 rings (SSSR count). The number of aromatic nitrogens is 2. The van der Waals surface area contributed by atoms with E-state index in [1.807, 2.05) is 0 Å². The Morgan fingerprint density at radius 3 is 3.00 bits per heavy atom. The van der Waals surface area contributed by atoms with Gasteiger partial charge in [-0.15, -0.1) is 0 Å². The molecule has 1 aromatic heterocycles. The molecule has 0 spiro atoms. The zero-order chi connectivity index (χ0) is 8.43. The van der Waals surface area contributed by atoms with Crippen LogP contribution in [0.25, 0.3) is 6.20 Å². The lowest BCUT2D eigenvalue weighted by atomic mass is 10.5. The van der Waals surface area contributed by atoms with E-state index in [0.29, 0.717) is 0 Å². The fourth-order valence-electron chi connectivity index (χ4n) is 0.588. The molecule has 1 aromatic rings. The van der Waals surface area contributed by atoms with Gasteiger partial charge in [0, 0.05) is 6.20 Å². The zero-order valence-corrected chi connectivity index (χ0v) is 5.62. The summed E-state index contributed by atoms with van der Waals surface area (Å²) < 4.78 is 13.5. The molecule has 0 aliphatic rings. The number of hydrogen-bond acceptors (Lipinski definition) is 3. The Morgan fingerprint density at radius 2 is 2.45 bits per heavy atom. The number of nitrogens with zero attached hydrogens (tertiary/aromatic N) is 2. The molecule has 58 valence electrons. The number of rotatable bonds is 1. The number of nitrogens with two attached hydrogens (primary N) is 1. The molecule has 0 bridgehead atoms. The van der Waals surface area contributed by atoms with Gasteiger partial charge in [-0.3, -0.25) is 4.57 Å². The topological polar surface area (TPSA) is 60.9 Å². The van der Waals surface area contributed by atoms with Crippen LogP contribution in [0.4, 0.5) is 10.2 Å². The van der Waals surface area contributed by atoms with Crippen molar-refractivity contribution in [2.75, 3.05) is 5.73 Å². The van der Waals surface area contributed by atoms with E-state index in [2.05, 4.69) is 11.6 Å². The van der Waals surface area contributed by atoms with E-state index < -0.39 is 17.3 Å². The Hall–Kier alpha value is -1.65. The van der Waals surface area contributed by atoms with Crippen LogP contribution >= 0.6 is 0 Å². The van der Waals surface area contributed by atoms with Crippen LogP contribution in [0.5, 0.6) is 0 Å². The lowest BCUT2D eigenvalue weighted by molar-refractivity contribution is 0.610. The lowest BCUT2D eigenvalue weighted by Crippen LogP contribution is -2.20. The standard InChI is InChI=1S/C6H6FN3O/c1-2-10-3-4(7)5(8)9-6(10)11/h2-3H,1H2,(H2,8,9,11). The lowest BCUT2D eigenvalue weighted by Gasteiger charge is -1.97. The summed E-state index contributed by atoms with van der Waals surface area (Å²) in [6.07, 6.45) is 2.08. The Morgan fingerprint density at radius 1 is 1.82 bits per heavy atom. The summed E-state index contributed by atoms with van der Waals surface area (Å²) in [6.45, 7) is 3.28. The molecular formula is C6H6FN3O. The maximum Gasteiger partial charge on any atom is 0.353 e. The zero-order valence-electron chi connectivity index (χ0n) is 5.62. The SMILES string of the molecule is C=Cn1cc(F)c(N)nc1=O. The van der Waals surface area contributed by atoms with Gasteiger partial charge in [0.25, 0.3) is 0 Å². The van der Waals surface area contributed by atoms with Gasteiger partial charge in [-0.25, -0.2) is 9.18 Å². The minimum Gasteiger partial charge on any atom is -0.381 e. The maximum atomic E-state index is 12.6. The van der Waals surface area contributed by atoms with Crippen LogP contribution in [0.2, 0.25) is 0 Å². The van der Waals surface area contributed by atoms with E-state index in [9.17, 15) is 9.18 Å². The quantitative estimate of drug-likeness (QED) is 0.624. The molecule has 0 aliphatic heterocycles. The molecule has 0 saturated carbocycles. The van der Waals surface area contributed by atoms with Gasteiger partial charge >= 0.3 is 5.69 Å². The Kier molecular flexibility index (Phi) is 1.72. The van der Waals surface area contributed by atoms with Crippen molar-refractivity contribution in [1.29, 1.82) is 0 Å². The van der Waals surface area contributed by atoms with E-state index in [1.165, 1.54) is 0 Å². The molecule has 0 unspecified atom stereocenters. The first kappa shape index (κ1) is 7.46. The largest absolute Gasteiger partial charge is 0.381 e. The smallest absolute Gasteiger partial charge is 0.353 e. The summed E-state index contributed by atoms with van der Waals surface area (Å²) in [6, 6.07) is 0. The first-order chi connectivity index (χ1) is 5.15. The van der Waals surface area contributed by atoms with Gasteiger partial charge in [-0.2, -0.15) is 4.98 Å². The van der Waals surface area contributed by atoms with Crippen molar-refractivity contribution in [3.05, 3.63) is 29.1 Å². The van der Waals surface area contributed by atoms with Crippen LogP contribution in [0, 0.1) is 5.82 Å². The number of halogens is 1. The van der Waals surface area contributed by atoms with Crippen LogP contribution < -0.4 is 11.4 Å². The highest BCUT2D eigenvalue weighted by molar-refractivity contribution is 5.29. The molecular weight excluding hydrogens is 149 g/mol. The van der Waals surface area contributed by atoms with Crippen LogP contribution in [0.3, 0.4) is 0 Å². The minimum atomic E-state index is -0.732. The minimum absolute atomic E-state index is 0.395. The van der Waals surface area contributed by atoms with Crippen molar-refractivity contribution in [3.63, 3.8) is 0 Å². The number of anilines is 1. The van der Waals surface area contributed by atoms with Crippen molar-refractivity contribution < 1.29 is 4.39 Å². The van der Waals surface area contributed by atoms with Crippen LogP contribution in [-0.4, -0.2) is 9.55 Å². The second-order valence-corrected chi connectivity index (χ2v) is 1.85. The Balaban J connectivity index is 3.44. The molecule has 0 atom stereocenters. The normalized spacial score (nSPS) is 9.55. The van der Waals surface area contributed by atoms with Crippen LogP contribution in [-0.2, 0) is 0 Å². The van der Waals surface area contributed by atoms with E-state index in [4.69, 9.17) is 5.73 Å². The van der Waals surface area contributed by atoms with Crippen molar-refractivity contribution in [3.8, 4) is 0 Å². The molecule has 0 amide bonds. The van der Waals surface area contributed by atoms with Crippen LogP contribution in [0.1, 0.15) is 0 Å². The Labute approximate surface area is 61.8 Å². The van der Waals surface area contributed by atoms with E-state index in [0.717, 1.165) is 17.0 Å². The molecule has 0 saturated heterocycles. The molecule has 11 heavy (non-hydrogen) atoms. The maximum absolute atomic E-state index is 12.6. The average molecular weight is 155 g/mol. The molecule has 2 N–H and O–H groups in total. The molecule has 0 aromatic carbocycles. The molecule has 5 heteroatoms. The van der Waals surface area contributed by atoms with Crippen molar-refractivity contribution in [2.24, 2.45) is 0 Å². The fraction of sp³-hybridized carbons (Fsp3) is 0. The fourth-order valence-corrected chi connectivity index (χ4v) is 0.588. The third-order valence-corrected chi connectivity index (χ3v) is 1.13. The number of nitrogen functional groups attached to an aromatic ring is 1. The highest BCUT2D eigenvalue weighted by Gasteiger charge is 2.01. The highest BCUT2D eigenvalue weighted by atomic mass is 19.1. The number of hydrogen-bond donors (Lipinski definition) is 1. The molecule has 0 radical (unpaired) electrons. The van der Waals surface area contributed by atoms with E-state index >= 15 is 0 Å². The monoisotopic (exact) mass is 155 g/mol. The van der Waals surface area contributed by atoms with Crippen molar-refractivity contribution in [2.45, 2.75) is 0 Å². The average Bonchev–Trinajstić information content (AvgIpc) is 1.97. The third kappa shape index (κ3) is 1.26. The predicted molar refractivity (Wildman–Crippen MR) is 39.3 cm³/mol. The van der Waals surface area contributed by atoms with Gasteiger partial charge in [0.15, 0.2) is 11.6 Å². The van der Waals surface area contributed by atoms with Gasteiger partial charge in [0.05, 0.1) is 6.20 Å². The summed E-state index contributed by atoms with van der Waals surface area (Å²) in [7, 11) is 0. The van der Waals surface area contributed by atoms with Crippen LogP contribution in [0.15, 0.2) is 17.6 Å². The second kappa shape index (κ2) is 2.53. The Bertz CT molecular complexity index is 344. The predicted octanol–water partition coefficient (Wildman–Crippen LogP) is 0.0651.